The number of aromatic nitrogens is 2. The average Bonchev–Trinajstić information content (AvgIpc) is 3.29. The normalized spacial score (nSPS) is 21.3. The van der Waals surface area contributed by atoms with Gasteiger partial charge in [-0.05, 0) is 49.4 Å². The number of hydrogen-bond acceptors (Lipinski definition) is 5. The van der Waals surface area contributed by atoms with Crippen molar-refractivity contribution in [3.8, 4) is 0 Å². The number of aliphatic hydroxyl groups excluding tert-OH is 1. The number of nitrogens with zero attached hydrogens (tertiary/aromatic N) is 2. The molecule has 2 aromatic heterocycles. The summed E-state index contributed by atoms with van der Waals surface area (Å²) in [6.07, 6.45) is 4.07. The van der Waals surface area contributed by atoms with Crippen molar-refractivity contribution in [1.29, 1.82) is 0 Å². The molecule has 1 aliphatic heterocycles. The summed E-state index contributed by atoms with van der Waals surface area (Å²) in [7, 11) is 0. The quantitative estimate of drug-likeness (QED) is 0.534. The third-order valence-corrected chi connectivity index (χ3v) is 6.06. The molecule has 8 nitrogen and oxygen atoms in total. The SMILES string of the molecule is CCN[C@@H](C)C(=O)N[C@H](C(=O)N1CCC(O)[C@H]1Cc1c[nH]c2ncccc12)C(C)(C)C. The summed E-state index contributed by atoms with van der Waals surface area (Å²) < 4.78 is 0. The summed E-state index contributed by atoms with van der Waals surface area (Å²) in [6, 6.07) is 2.45. The molecule has 1 fully saturated rings. The maximum atomic E-state index is 13.6. The van der Waals surface area contributed by atoms with Crippen LogP contribution in [-0.2, 0) is 16.0 Å². The molecule has 170 valence electrons. The van der Waals surface area contributed by atoms with Crippen molar-refractivity contribution < 1.29 is 14.7 Å². The van der Waals surface area contributed by atoms with Gasteiger partial charge in [-0.2, -0.15) is 0 Å². The lowest BCUT2D eigenvalue weighted by Gasteiger charge is -2.36. The summed E-state index contributed by atoms with van der Waals surface area (Å²) in [5.74, 6) is -0.349. The number of fused-ring (bicyclic) bond motifs is 1. The number of carbonyl (C=O) groups is 2. The van der Waals surface area contributed by atoms with Gasteiger partial charge in [0.2, 0.25) is 11.8 Å². The number of rotatable bonds is 7. The lowest BCUT2D eigenvalue weighted by molar-refractivity contribution is -0.141. The molecule has 4 N–H and O–H groups in total. The molecule has 0 aliphatic carbocycles. The monoisotopic (exact) mass is 429 g/mol. The smallest absolute Gasteiger partial charge is 0.246 e. The molecule has 31 heavy (non-hydrogen) atoms. The molecule has 0 saturated carbocycles. The van der Waals surface area contributed by atoms with Crippen molar-refractivity contribution in [2.24, 2.45) is 5.41 Å². The molecule has 0 radical (unpaired) electrons. The Morgan fingerprint density at radius 1 is 1.39 bits per heavy atom. The van der Waals surface area contributed by atoms with Gasteiger partial charge in [-0.15, -0.1) is 0 Å². The average molecular weight is 430 g/mol. The van der Waals surface area contributed by atoms with E-state index in [-0.39, 0.29) is 23.9 Å². The summed E-state index contributed by atoms with van der Waals surface area (Å²) in [4.78, 5) is 35.5. The maximum Gasteiger partial charge on any atom is 0.246 e. The molecule has 3 heterocycles. The van der Waals surface area contributed by atoms with E-state index in [2.05, 4.69) is 20.6 Å². The van der Waals surface area contributed by atoms with Crippen molar-refractivity contribution in [1.82, 2.24) is 25.5 Å². The van der Waals surface area contributed by atoms with E-state index in [9.17, 15) is 14.7 Å². The highest BCUT2D eigenvalue weighted by atomic mass is 16.3. The van der Waals surface area contributed by atoms with Gasteiger partial charge < -0.3 is 25.6 Å². The van der Waals surface area contributed by atoms with Gasteiger partial charge in [0, 0.05) is 24.3 Å². The van der Waals surface area contributed by atoms with Crippen LogP contribution in [0.3, 0.4) is 0 Å². The van der Waals surface area contributed by atoms with Crippen LogP contribution in [0.25, 0.3) is 11.0 Å². The zero-order chi connectivity index (χ0) is 22.8. The number of amides is 2. The first-order valence-electron chi connectivity index (χ1n) is 11.1. The molecule has 0 aromatic carbocycles. The number of H-pyrrole nitrogens is 1. The lowest BCUT2D eigenvalue weighted by Crippen LogP contribution is -2.59. The molecule has 8 heteroatoms. The third kappa shape index (κ3) is 5.07. The number of likely N-dealkylation sites (tertiary alicyclic amines) is 1. The molecule has 0 spiro atoms. The Morgan fingerprint density at radius 2 is 2.13 bits per heavy atom. The van der Waals surface area contributed by atoms with E-state index < -0.39 is 17.6 Å². The minimum atomic E-state index is -0.682. The van der Waals surface area contributed by atoms with E-state index in [4.69, 9.17) is 0 Å². The van der Waals surface area contributed by atoms with Gasteiger partial charge in [0.05, 0.1) is 18.2 Å². The lowest BCUT2D eigenvalue weighted by atomic mass is 9.85. The maximum absolute atomic E-state index is 13.6. The second-order valence-corrected chi connectivity index (χ2v) is 9.46. The summed E-state index contributed by atoms with van der Waals surface area (Å²) >= 11 is 0. The largest absolute Gasteiger partial charge is 0.391 e. The van der Waals surface area contributed by atoms with Gasteiger partial charge in [0.25, 0.3) is 0 Å². The first-order chi connectivity index (χ1) is 14.6. The predicted octanol–water partition coefficient (Wildman–Crippen LogP) is 1.60. The van der Waals surface area contributed by atoms with Crippen molar-refractivity contribution in [3.63, 3.8) is 0 Å². The van der Waals surface area contributed by atoms with Crippen molar-refractivity contribution in [3.05, 3.63) is 30.1 Å². The number of aliphatic hydroxyl groups is 1. The number of likely N-dealkylation sites (N-methyl/N-ethyl adjacent to an activating group) is 1. The fourth-order valence-electron chi connectivity index (χ4n) is 4.24. The van der Waals surface area contributed by atoms with Crippen LogP contribution in [0.15, 0.2) is 24.5 Å². The first kappa shape index (κ1) is 23.2. The van der Waals surface area contributed by atoms with Crippen LogP contribution in [0.1, 0.15) is 46.6 Å². The molecule has 1 unspecified atom stereocenters. The van der Waals surface area contributed by atoms with Crippen molar-refractivity contribution >= 4 is 22.8 Å². The molecule has 1 saturated heterocycles. The highest BCUT2D eigenvalue weighted by Gasteiger charge is 2.43. The molecule has 4 atom stereocenters. The third-order valence-electron chi connectivity index (χ3n) is 6.06. The number of aromatic amines is 1. The Hall–Kier alpha value is -2.45. The van der Waals surface area contributed by atoms with Gasteiger partial charge in [-0.3, -0.25) is 9.59 Å². The van der Waals surface area contributed by atoms with Crippen molar-refractivity contribution in [2.75, 3.05) is 13.1 Å². The van der Waals surface area contributed by atoms with E-state index in [0.29, 0.717) is 25.9 Å². The summed E-state index contributed by atoms with van der Waals surface area (Å²) in [5.41, 5.74) is 1.34. The molecular weight excluding hydrogens is 394 g/mol. The van der Waals surface area contributed by atoms with E-state index >= 15 is 0 Å². The minimum Gasteiger partial charge on any atom is -0.391 e. The van der Waals surface area contributed by atoms with Crippen LogP contribution in [-0.4, -0.2) is 69.1 Å². The van der Waals surface area contributed by atoms with Crippen LogP contribution in [0.5, 0.6) is 0 Å². The van der Waals surface area contributed by atoms with Crippen LogP contribution in [0.2, 0.25) is 0 Å². The molecule has 0 bridgehead atoms. The summed E-state index contributed by atoms with van der Waals surface area (Å²) in [5, 5.41) is 17.7. The van der Waals surface area contributed by atoms with Crippen LogP contribution < -0.4 is 10.6 Å². The van der Waals surface area contributed by atoms with Gasteiger partial charge in [0.15, 0.2) is 0 Å². The Kier molecular flexibility index (Phi) is 7.01. The Morgan fingerprint density at radius 3 is 2.81 bits per heavy atom. The fraction of sp³-hybridized carbons (Fsp3) is 0.609. The number of pyridine rings is 1. The van der Waals surface area contributed by atoms with Gasteiger partial charge in [0.1, 0.15) is 11.7 Å². The van der Waals surface area contributed by atoms with Crippen LogP contribution in [0.4, 0.5) is 0 Å². The van der Waals surface area contributed by atoms with Crippen molar-refractivity contribution in [2.45, 2.75) is 71.7 Å². The molecule has 2 amide bonds. The highest BCUT2D eigenvalue weighted by Crippen LogP contribution is 2.29. The number of carbonyl (C=O) groups excluding carboxylic acids is 2. The standard InChI is InChI=1S/C23H35N5O3/c1-6-24-14(2)21(30)27-19(23(3,4)5)22(31)28-11-9-18(29)17(28)12-15-13-26-20-16(15)8-7-10-25-20/h7-8,10,13-14,17-19,24,29H,6,9,11-12H2,1-5H3,(H,25,26)(H,27,30)/t14-,17+,18?,19+/m0/s1. The zero-order valence-corrected chi connectivity index (χ0v) is 19.1. The van der Waals surface area contributed by atoms with E-state index in [0.717, 1.165) is 16.6 Å². The molecule has 2 aromatic rings. The predicted molar refractivity (Wildman–Crippen MR) is 120 cm³/mol. The Balaban J connectivity index is 1.81. The zero-order valence-electron chi connectivity index (χ0n) is 19.1. The molecule has 3 rings (SSSR count). The minimum absolute atomic E-state index is 0.149. The van der Waals surface area contributed by atoms with Gasteiger partial charge in [-0.1, -0.05) is 27.7 Å². The van der Waals surface area contributed by atoms with E-state index in [1.807, 2.05) is 46.0 Å². The second-order valence-electron chi connectivity index (χ2n) is 9.46. The van der Waals surface area contributed by atoms with Crippen LogP contribution in [0, 0.1) is 5.41 Å². The fourth-order valence-corrected chi connectivity index (χ4v) is 4.24. The molecule has 1 aliphatic rings. The van der Waals surface area contributed by atoms with Crippen LogP contribution >= 0.6 is 0 Å². The van der Waals surface area contributed by atoms with Gasteiger partial charge in [-0.25, -0.2) is 4.98 Å². The van der Waals surface area contributed by atoms with E-state index in [1.165, 1.54) is 0 Å². The second kappa shape index (κ2) is 9.36. The Labute approximate surface area is 183 Å². The van der Waals surface area contributed by atoms with Gasteiger partial charge >= 0.3 is 0 Å². The first-order valence-corrected chi connectivity index (χ1v) is 11.1. The summed E-state index contributed by atoms with van der Waals surface area (Å²) in [6.45, 7) is 10.7. The number of nitrogens with one attached hydrogen (secondary N) is 3. The topological polar surface area (TPSA) is 110 Å². The highest BCUT2D eigenvalue weighted by molar-refractivity contribution is 5.90. The Bertz CT molecular complexity index is 919. The molecular formula is C23H35N5O3. The van der Waals surface area contributed by atoms with E-state index in [1.54, 1.807) is 18.0 Å². The number of hydrogen-bond donors (Lipinski definition) is 4.